The van der Waals surface area contributed by atoms with Gasteiger partial charge in [-0.2, -0.15) is 0 Å². The molecule has 161 valence electrons. The first-order valence-corrected chi connectivity index (χ1v) is 8.46. The first-order valence-electron chi connectivity index (χ1n) is 8.46. The second-order valence-corrected chi connectivity index (χ2v) is 5.39. The molecule has 0 aliphatic heterocycles. The topological polar surface area (TPSA) is 156 Å². The van der Waals surface area contributed by atoms with Gasteiger partial charge in [0.05, 0.1) is 0 Å². The molecule has 3 amide bonds. The van der Waals surface area contributed by atoms with E-state index in [4.69, 9.17) is 0 Å². The van der Waals surface area contributed by atoms with Crippen LogP contribution in [0.2, 0.25) is 0 Å². The fourth-order valence-electron chi connectivity index (χ4n) is 1.95. The number of hydrogen-bond donors (Lipinski definition) is 3. The van der Waals surface area contributed by atoms with E-state index in [0.717, 1.165) is 0 Å². The van der Waals surface area contributed by atoms with Crippen LogP contribution >= 0.6 is 0 Å². The van der Waals surface area contributed by atoms with E-state index in [1.54, 1.807) is 91.0 Å². The van der Waals surface area contributed by atoms with Gasteiger partial charge in [0.1, 0.15) is 0 Å². The number of amides is 3. The number of benzene rings is 3. The van der Waals surface area contributed by atoms with Crippen LogP contribution in [-0.4, -0.2) is 17.7 Å². The van der Waals surface area contributed by atoms with Gasteiger partial charge in [0, 0.05) is 16.7 Å². The van der Waals surface area contributed by atoms with E-state index in [2.05, 4.69) is 0 Å². The van der Waals surface area contributed by atoms with E-state index in [-0.39, 0.29) is 17.1 Å². The maximum Gasteiger partial charge on any atom is 3.00 e. The van der Waals surface area contributed by atoms with E-state index in [1.807, 2.05) is 0 Å². The van der Waals surface area contributed by atoms with Crippen molar-refractivity contribution >= 4 is 17.7 Å². The number of nitrogens with one attached hydrogen (secondary N) is 3. The molecular formula is C21H18FeN3O6. The van der Waals surface area contributed by atoms with Crippen molar-refractivity contribution in [1.29, 1.82) is 0 Å². The first kappa shape index (κ1) is 27.5. The second-order valence-electron chi connectivity index (χ2n) is 5.39. The Bertz CT molecular complexity index is 790. The number of carbonyl (C=O) groups excluding carboxylic acids is 3. The average Bonchev–Trinajstić information content (AvgIpc) is 2.85. The molecule has 3 N–H and O–H groups in total. The summed E-state index contributed by atoms with van der Waals surface area (Å²) in [6.45, 7) is 0. The summed E-state index contributed by atoms with van der Waals surface area (Å²) in [5, 5.41) is 29.5. The van der Waals surface area contributed by atoms with Crippen LogP contribution in [0.25, 0.3) is 0 Å². The van der Waals surface area contributed by atoms with Crippen LogP contribution in [0.4, 0.5) is 0 Å². The third-order valence-corrected chi connectivity index (χ3v) is 3.39. The molecule has 3 aromatic rings. The maximum atomic E-state index is 10.6. The summed E-state index contributed by atoms with van der Waals surface area (Å²) >= 11 is 0. The van der Waals surface area contributed by atoms with Gasteiger partial charge in [0.15, 0.2) is 0 Å². The molecule has 1 radical (unpaired) electrons. The minimum Gasteiger partial charge on any atom is -0.759 e. The Hall–Kier alpha value is -3.53. The summed E-state index contributed by atoms with van der Waals surface area (Å²) in [7, 11) is 0. The molecule has 0 atom stereocenters. The van der Waals surface area contributed by atoms with Gasteiger partial charge in [-0.25, -0.2) is 0 Å². The van der Waals surface area contributed by atoms with E-state index in [0.29, 0.717) is 16.7 Å². The van der Waals surface area contributed by atoms with E-state index >= 15 is 0 Å². The zero-order valence-corrected chi connectivity index (χ0v) is 17.1. The predicted molar refractivity (Wildman–Crippen MR) is 112 cm³/mol. The molecule has 0 heterocycles. The third-order valence-electron chi connectivity index (χ3n) is 3.39. The molecule has 0 spiro atoms. The quantitative estimate of drug-likeness (QED) is 0.400. The fraction of sp³-hybridized carbons (Fsp3) is 0. The summed E-state index contributed by atoms with van der Waals surface area (Å²) < 4.78 is 0. The van der Waals surface area contributed by atoms with Gasteiger partial charge in [-0.1, -0.05) is 54.6 Å². The fourth-order valence-corrected chi connectivity index (χ4v) is 1.95. The van der Waals surface area contributed by atoms with Gasteiger partial charge >= 0.3 is 17.1 Å². The Balaban J connectivity index is 0.000000429. The molecule has 0 unspecified atom stereocenters. The summed E-state index contributed by atoms with van der Waals surface area (Å²) in [6.07, 6.45) is 0. The molecule has 10 heteroatoms. The summed E-state index contributed by atoms with van der Waals surface area (Å²) in [4.78, 5) is 31.8. The van der Waals surface area contributed by atoms with Crippen molar-refractivity contribution < 1.29 is 31.5 Å². The molecule has 0 aromatic heterocycles. The average molecular weight is 464 g/mol. The molecule has 3 aromatic carbocycles. The van der Waals surface area contributed by atoms with Crippen LogP contribution in [0.5, 0.6) is 0 Å². The van der Waals surface area contributed by atoms with Gasteiger partial charge in [-0.3, -0.25) is 14.4 Å². The zero-order valence-electron chi connectivity index (χ0n) is 16.0. The van der Waals surface area contributed by atoms with E-state index in [1.165, 1.54) is 16.4 Å². The Morgan fingerprint density at radius 2 is 0.645 bits per heavy atom. The standard InChI is InChI=1S/3C7H6NO2.Fe/c3*9-7(8-10)6-4-2-1-3-5-6;/h3*1-5H,(H-,8,9,10);/q3*-1;+3. The first-order chi connectivity index (χ1) is 14.5. The van der Waals surface area contributed by atoms with Crippen LogP contribution in [-0.2, 0) is 17.1 Å². The van der Waals surface area contributed by atoms with Gasteiger partial charge in [-0.15, -0.1) is 0 Å². The number of rotatable bonds is 3. The van der Waals surface area contributed by atoms with Crippen molar-refractivity contribution in [1.82, 2.24) is 16.4 Å². The van der Waals surface area contributed by atoms with Gasteiger partial charge in [0.25, 0.3) is 0 Å². The maximum absolute atomic E-state index is 10.6. The largest absolute Gasteiger partial charge is 3.00 e. The summed E-state index contributed by atoms with van der Waals surface area (Å²) in [5.41, 5.74) is 5.04. The number of hydroxylamine groups is 3. The minimum absolute atomic E-state index is 0. The molecule has 0 fully saturated rings. The van der Waals surface area contributed by atoms with Crippen molar-refractivity contribution in [2.45, 2.75) is 0 Å². The molecular weight excluding hydrogens is 446 g/mol. The number of hydrogen-bond acceptors (Lipinski definition) is 6. The van der Waals surface area contributed by atoms with E-state index in [9.17, 15) is 30.0 Å². The normalized spacial score (nSPS) is 8.61. The minimum atomic E-state index is -0.597. The SMILES string of the molecule is O=C(N[O-])c1ccccc1.O=C(N[O-])c1ccccc1.O=C(N[O-])c1ccccc1.[Fe+3]. The zero-order chi connectivity index (χ0) is 22.2. The molecule has 0 aliphatic carbocycles. The van der Waals surface area contributed by atoms with Crippen molar-refractivity contribution in [3.63, 3.8) is 0 Å². The Morgan fingerprint density at radius 1 is 0.452 bits per heavy atom. The van der Waals surface area contributed by atoms with Gasteiger partial charge < -0.3 is 32.1 Å². The molecule has 0 aliphatic rings. The molecule has 0 saturated heterocycles. The van der Waals surface area contributed by atoms with Crippen LogP contribution in [0.3, 0.4) is 0 Å². The van der Waals surface area contributed by atoms with Crippen LogP contribution in [0, 0.1) is 15.6 Å². The molecule has 31 heavy (non-hydrogen) atoms. The van der Waals surface area contributed by atoms with E-state index < -0.39 is 17.7 Å². The molecule has 0 bridgehead atoms. The molecule has 0 saturated carbocycles. The smallest absolute Gasteiger partial charge is 0.759 e. The van der Waals surface area contributed by atoms with Crippen LogP contribution in [0.15, 0.2) is 91.0 Å². The second kappa shape index (κ2) is 16.3. The predicted octanol–water partition coefficient (Wildman–Crippen LogP) is 2.74. The number of carbonyl (C=O) groups is 3. The van der Waals surface area contributed by atoms with Gasteiger partial charge in [-0.05, 0) is 36.4 Å². The van der Waals surface area contributed by atoms with Crippen molar-refractivity contribution in [2.24, 2.45) is 0 Å². The van der Waals surface area contributed by atoms with Crippen LogP contribution in [0.1, 0.15) is 31.1 Å². The summed E-state index contributed by atoms with van der Waals surface area (Å²) in [6, 6.07) is 25.0. The van der Waals surface area contributed by atoms with Crippen molar-refractivity contribution in [3.8, 4) is 0 Å². The Kier molecular flexibility index (Phi) is 14.4. The van der Waals surface area contributed by atoms with Crippen LogP contribution < -0.4 is 16.4 Å². The Morgan fingerprint density at radius 3 is 0.806 bits per heavy atom. The monoisotopic (exact) mass is 464 g/mol. The molecule has 9 nitrogen and oxygen atoms in total. The molecule has 3 rings (SSSR count). The summed E-state index contributed by atoms with van der Waals surface area (Å²) in [5.74, 6) is -1.79. The van der Waals surface area contributed by atoms with Crippen molar-refractivity contribution in [2.75, 3.05) is 0 Å². The van der Waals surface area contributed by atoms with Gasteiger partial charge in [0.2, 0.25) is 17.7 Å². The van der Waals surface area contributed by atoms with Crippen molar-refractivity contribution in [3.05, 3.63) is 123 Å². The third kappa shape index (κ3) is 10.7. The Labute approximate surface area is 189 Å².